The van der Waals surface area contributed by atoms with Gasteiger partial charge in [-0.25, -0.2) is 14.8 Å². The molecule has 1 atom stereocenters. The Balaban J connectivity index is 0.000000470. The van der Waals surface area contributed by atoms with Crippen LogP contribution >= 0.6 is 0 Å². The number of carbonyl (C=O) groups is 2. The number of carbonyl (C=O) groups excluding carboxylic acids is 1. The molecule has 1 aliphatic rings. The molecule has 10 nitrogen and oxygen atoms in total. The fourth-order valence-electron chi connectivity index (χ4n) is 4.59. The van der Waals surface area contributed by atoms with Gasteiger partial charge in [-0.3, -0.25) is 9.48 Å². The SMILES string of the molecule is N#CCC(c1cccc(C(=O)NC2CCCCC2)c1)n1cc(-c2ncnc3[nH]ccc23)cn1.O=C(O)C(F)(F)F. The second-order valence-electron chi connectivity index (χ2n) is 9.29. The maximum Gasteiger partial charge on any atom is 0.490 e. The lowest BCUT2D eigenvalue weighted by molar-refractivity contribution is -0.192. The standard InChI is InChI=1S/C25H25N7O.C2HF3O2/c26-11-9-22(17-5-4-6-18(13-17)25(33)31-20-7-2-1-3-8-20)32-15-19(14-30-32)23-21-10-12-27-24(21)29-16-28-23;3-2(4,5)1(6)7/h4-6,10,12-16,20,22H,1-3,7-9H2,(H,31,33)(H,27,28,29);(H,6,7). The lowest BCUT2D eigenvalue weighted by Crippen LogP contribution is -2.36. The molecule has 40 heavy (non-hydrogen) atoms. The average Bonchev–Trinajstić information content (AvgIpc) is 3.62. The summed E-state index contributed by atoms with van der Waals surface area (Å²) in [5, 5.41) is 25.2. The fourth-order valence-corrected chi connectivity index (χ4v) is 4.59. The Kier molecular flexibility index (Phi) is 8.78. The molecule has 1 fully saturated rings. The molecule has 3 heterocycles. The summed E-state index contributed by atoms with van der Waals surface area (Å²) in [6, 6.07) is 11.6. The number of alkyl halides is 3. The number of aliphatic carboxylic acids is 1. The number of aromatic amines is 1. The highest BCUT2D eigenvalue weighted by atomic mass is 19.4. The van der Waals surface area contributed by atoms with Crippen molar-refractivity contribution in [3.63, 3.8) is 0 Å². The molecule has 3 aromatic heterocycles. The summed E-state index contributed by atoms with van der Waals surface area (Å²) >= 11 is 0. The van der Waals surface area contributed by atoms with Crippen LogP contribution in [0, 0.1) is 11.3 Å². The Hall–Kier alpha value is -4.73. The first kappa shape index (κ1) is 28.3. The quantitative estimate of drug-likeness (QED) is 0.303. The molecule has 1 aromatic carbocycles. The van der Waals surface area contributed by atoms with Crippen molar-refractivity contribution in [3.05, 3.63) is 66.4 Å². The number of nitrogens with one attached hydrogen (secondary N) is 2. The number of hydrogen-bond donors (Lipinski definition) is 3. The summed E-state index contributed by atoms with van der Waals surface area (Å²) in [5.74, 6) is -2.82. The van der Waals surface area contributed by atoms with Crippen molar-refractivity contribution in [3.8, 4) is 17.3 Å². The third-order valence-electron chi connectivity index (χ3n) is 6.55. The van der Waals surface area contributed by atoms with Crippen molar-refractivity contribution in [1.29, 1.82) is 5.26 Å². The number of fused-ring (bicyclic) bond motifs is 1. The van der Waals surface area contributed by atoms with E-state index >= 15 is 0 Å². The number of H-pyrrole nitrogens is 1. The van der Waals surface area contributed by atoms with Crippen molar-refractivity contribution in [2.24, 2.45) is 0 Å². The number of rotatable bonds is 6. The van der Waals surface area contributed by atoms with Gasteiger partial charge >= 0.3 is 12.1 Å². The van der Waals surface area contributed by atoms with E-state index in [1.807, 2.05) is 42.7 Å². The van der Waals surface area contributed by atoms with Crippen LogP contribution in [-0.4, -0.2) is 53.9 Å². The fraction of sp³-hybridized carbons (Fsp3) is 0.333. The Labute approximate surface area is 226 Å². The molecule has 1 unspecified atom stereocenters. The zero-order valence-corrected chi connectivity index (χ0v) is 21.2. The number of carboxylic acid groups (broad SMARTS) is 1. The second-order valence-corrected chi connectivity index (χ2v) is 9.29. The predicted octanol–water partition coefficient (Wildman–Crippen LogP) is 5.02. The average molecular weight is 554 g/mol. The van der Waals surface area contributed by atoms with Crippen LogP contribution in [0.4, 0.5) is 13.2 Å². The molecule has 208 valence electrons. The van der Waals surface area contributed by atoms with Crippen LogP contribution < -0.4 is 5.32 Å². The van der Waals surface area contributed by atoms with Crippen molar-refractivity contribution in [2.45, 2.75) is 56.8 Å². The molecule has 3 N–H and O–H groups in total. The molecular weight excluding hydrogens is 527 g/mol. The van der Waals surface area contributed by atoms with Crippen molar-refractivity contribution >= 4 is 22.9 Å². The number of amides is 1. The smallest absolute Gasteiger partial charge is 0.475 e. The molecule has 1 aliphatic carbocycles. The highest BCUT2D eigenvalue weighted by Crippen LogP contribution is 2.28. The minimum atomic E-state index is -5.08. The maximum atomic E-state index is 12.9. The minimum absolute atomic E-state index is 0.0588. The van der Waals surface area contributed by atoms with E-state index in [1.165, 1.54) is 12.7 Å². The zero-order valence-electron chi connectivity index (χ0n) is 21.2. The number of nitriles is 1. The van der Waals surface area contributed by atoms with E-state index in [1.54, 1.807) is 10.9 Å². The molecule has 4 aromatic rings. The van der Waals surface area contributed by atoms with E-state index in [4.69, 9.17) is 9.90 Å². The van der Waals surface area contributed by atoms with E-state index in [0.717, 1.165) is 53.5 Å². The van der Waals surface area contributed by atoms with Gasteiger partial charge in [0.15, 0.2) is 0 Å². The highest BCUT2D eigenvalue weighted by Gasteiger charge is 2.38. The third kappa shape index (κ3) is 6.82. The van der Waals surface area contributed by atoms with Gasteiger partial charge in [0.1, 0.15) is 12.0 Å². The Bertz CT molecular complexity index is 1520. The molecule has 13 heteroatoms. The first-order chi connectivity index (χ1) is 19.2. The van der Waals surface area contributed by atoms with E-state index in [0.29, 0.717) is 5.56 Å². The van der Waals surface area contributed by atoms with Gasteiger partial charge in [0, 0.05) is 34.9 Å². The van der Waals surface area contributed by atoms with E-state index in [-0.39, 0.29) is 24.4 Å². The van der Waals surface area contributed by atoms with Gasteiger partial charge in [-0.15, -0.1) is 0 Å². The van der Waals surface area contributed by atoms with Gasteiger partial charge < -0.3 is 15.4 Å². The normalized spacial score (nSPS) is 14.6. The van der Waals surface area contributed by atoms with Gasteiger partial charge in [0.05, 0.1) is 30.4 Å². The van der Waals surface area contributed by atoms with Crippen LogP contribution in [0.1, 0.15) is 60.5 Å². The van der Waals surface area contributed by atoms with Gasteiger partial charge in [-0.1, -0.05) is 31.4 Å². The number of hydrogen-bond acceptors (Lipinski definition) is 6. The van der Waals surface area contributed by atoms with E-state index < -0.39 is 12.1 Å². The Morgan fingerprint density at radius 2 is 1.95 bits per heavy atom. The summed E-state index contributed by atoms with van der Waals surface area (Å²) in [6.07, 6.45) is 7.79. The third-order valence-corrected chi connectivity index (χ3v) is 6.55. The Morgan fingerprint density at radius 3 is 2.65 bits per heavy atom. The van der Waals surface area contributed by atoms with E-state index in [9.17, 15) is 23.2 Å². The van der Waals surface area contributed by atoms with Crippen LogP contribution in [-0.2, 0) is 4.79 Å². The van der Waals surface area contributed by atoms with Gasteiger partial charge in [0.25, 0.3) is 5.91 Å². The van der Waals surface area contributed by atoms with Crippen LogP contribution in [0.3, 0.4) is 0 Å². The summed E-state index contributed by atoms with van der Waals surface area (Å²) in [4.78, 5) is 33.5. The van der Waals surface area contributed by atoms with Gasteiger partial charge in [-0.05, 0) is 36.6 Å². The summed E-state index contributed by atoms with van der Waals surface area (Å²) in [7, 11) is 0. The zero-order chi connectivity index (χ0) is 28.7. The first-order valence-corrected chi connectivity index (χ1v) is 12.6. The summed E-state index contributed by atoms with van der Waals surface area (Å²) in [5.41, 5.74) is 3.87. The maximum absolute atomic E-state index is 12.9. The van der Waals surface area contributed by atoms with Crippen LogP contribution in [0.15, 0.2) is 55.2 Å². The van der Waals surface area contributed by atoms with Crippen molar-refractivity contribution < 1.29 is 27.9 Å². The van der Waals surface area contributed by atoms with Crippen molar-refractivity contribution in [1.82, 2.24) is 30.0 Å². The number of aromatic nitrogens is 5. The van der Waals surface area contributed by atoms with Crippen molar-refractivity contribution in [2.75, 3.05) is 0 Å². The molecule has 0 spiro atoms. The summed E-state index contributed by atoms with van der Waals surface area (Å²) in [6.45, 7) is 0. The molecule has 5 rings (SSSR count). The largest absolute Gasteiger partial charge is 0.490 e. The molecule has 0 aliphatic heterocycles. The molecule has 0 radical (unpaired) electrons. The van der Waals surface area contributed by atoms with Crippen LogP contribution in [0.5, 0.6) is 0 Å². The molecular formula is C27H26F3N7O3. The summed E-state index contributed by atoms with van der Waals surface area (Å²) < 4.78 is 33.5. The minimum Gasteiger partial charge on any atom is -0.475 e. The number of halogens is 3. The lowest BCUT2D eigenvalue weighted by atomic mass is 9.95. The monoisotopic (exact) mass is 553 g/mol. The second kappa shape index (κ2) is 12.4. The highest BCUT2D eigenvalue weighted by molar-refractivity contribution is 5.94. The first-order valence-electron chi connectivity index (χ1n) is 12.6. The van der Waals surface area contributed by atoms with Crippen LogP contribution in [0.2, 0.25) is 0 Å². The lowest BCUT2D eigenvalue weighted by Gasteiger charge is -2.23. The van der Waals surface area contributed by atoms with Crippen LogP contribution in [0.25, 0.3) is 22.3 Å². The molecule has 1 saturated carbocycles. The molecule has 0 bridgehead atoms. The Morgan fingerprint density at radius 1 is 1.20 bits per heavy atom. The molecule has 0 saturated heterocycles. The number of carboxylic acids is 1. The van der Waals surface area contributed by atoms with Gasteiger partial charge in [-0.2, -0.15) is 23.5 Å². The van der Waals surface area contributed by atoms with E-state index in [2.05, 4.69) is 31.4 Å². The topological polar surface area (TPSA) is 150 Å². The predicted molar refractivity (Wildman–Crippen MR) is 138 cm³/mol. The molecule has 1 amide bonds. The van der Waals surface area contributed by atoms with Gasteiger partial charge in [0.2, 0.25) is 0 Å². The number of benzene rings is 1. The number of nitrogens with zero attached hydrogens (tertiary/aromatic N) is 5.